The van der Waals surface area contributed by atoms with Gasteiger partial charge in [-0.15, -0.1) is 0 Å². The van der Waals surface area contributed by atoms with Crippen molar-refractivity contribution in [1.29, 1.82) is 0 Å². The molecule has 0 N–H and O–H groups in total. The molecule has 2 aliphatic rings. The van der Waals surface area contributed by atoms with Crippen molar-refractivity contribution < 1.29 is 17.9 Å². The quantitative estimate of drug-likeness (QED) is 0.596. The van der Waals surface area contributed by atoms with Crippen LogP contribution in [-0.4, -0.2) is 38.4 Å². The molecule has 1 aromatic rings. The third kappa shape index (κ3) is 3.96. The lowest BCUT2D eigenvalue weighted by Crippen LogP contribution is -2.33. The van der Waals surface area contributed by atoms with E-state index in [9.17, 15) is 13.2 Å². The molecule has 0 spiro atoms. The first-order chi connectivity index (χ1) is 11.9. The van der Waals surface area contributed by atoms with Crippen LogP contribution in [0.3, 0.4) is 0 Å². The number of carbonyl (C=O) groups excluding carboxylic acids is 1. The van der Waals surface area contributed by atoms with Gasteiger partial charge in [-0.2, -0.15) is 4.31 Å². The van der Waals surface area contributed by atoms with Gasteiger partial charge in [0.15, 0.2) is 0 Å². The van der Waals surface area contributed by atoms with Gasteiger partial charge in [-0.25, -0.2) is 8.42 Å². The molecule has 0 amide bonds. The van der Waals surface area contributed by atoms with Crippen molar-refractivity contribution in [2.75, 3.05) is 19.7 Å². The van der Waals surface area contributed by atoms with E-state index in [1.165, 1.54) is 0 Å². The zero-order valence-electron chi connectivity index (χ0n) is 14.8. The lowest BCUT2D eigenvalue weighted by molar-refractivity contribution is -0.144. The lowest BCUT2D eigenvalue weighted by atomic mass is 10.1. The molecule has 6 heteroatoms. The van der Waals surface area contributed by atoms with E-state index in [1.807, 2.05) is 19.1 Å². The molecule has 25 heavy (non-hydrogen) atoms. The molecule has 1 saturated carbocycles. The number of esters is 1. The minimum Gasteiger partial charge on any atom is -0.466 e. The van der Waals surface area contributed by atoms with Crippen LogP contribution in [0, 0.1) is 18.8 Å². The van der Waals surface area contributed by atoms with Gasteiger partial charge in [0.05, 0.1) is 17.4 Å². The Bertz CT molecular complexity index is 767. The van der Waals surface area contributed by atoms with Crippen LogP contribution in [0.15, 0.2) is 40.8 Å². The van der Waals surface area contributed by atoms with Crippen LogP contribution < -0.4 is 0 Å². The van der Waals surface area contributed by atoms with Gasteiger partial charge in [0.2, 0.25) is 10.0 Å². The number of hydrogen-bond acceptors (Lipinski definition) is 4. The van der Waals surface area contributed by atoms with Gasteiger partial charge >= 0.3 is 5.97 Å². The molecule has 1 aliphatic heterocycles. The zero-order chi connectivity index (χ0) is 18.0. The van der Waals surface area contributed by atoms with Crippen molar-refractivity contribution in [3.05, 3.63) is 41.5 Å². The Morgan fingerprint density at radius 2 is 2.00 bits per heavy atom. The molecular formula is C19H25NO4S. The zero-order valence-corrected chi connectivity index (χ0v) is 15.6. The fourth-order valence-electron chi connectivity index (χ4n) is 3.35. The molecule has 1 fully saturated rings. The van der Waals surface area contributed by atoms with Gasteiger partial charge < -0.3 is 4.74 Å². The summed E-state index contributed by atoms with van der Waals surface area (Å²) in [6, 6.07) is 6.97. The summed E-state index contributed by atoms with van der Waals surface area (Å²) in [7, 11) is -3.51. The molecule has 1 aliphatic carbocycles. The number of rotatable bonds is 5. The van der Waals surface area contributed by atoms with E-state index in [4.69, 9.17) is 4.74 Å². The first kappa shape index (κ1) is 18.1. The highest BCUT2D eigenvalue weighted by Gasteiger charge is 2.47. The van der Waals surface area contributed by atoms with Gasteiger partial charge in [-0.1, -0.05) is 29.3 Å². The number of sulfonamides is 1. The van der Waals surface area contributed by atoms with Crippen LogP contribution >= 0.6 is 0 Å². The predicted molar refractivity (Wildman–Crippen MR) is 95.5 cm³/mol. The molecule has 2 atom stereocenters. The topological polar surface area (TPSA) is 63.7 Å². The van der Waals surface area contributed by atoms with E-state index < -0.39 is 10.0 Å². The van der Waals surface area contributed by atoms with E-state index in [-0.39, 0.29) is 17.8 Å². The lowest BCUT2D eigenvalue weighted by Gasteiger charge is -2.22. The predicted octanol–water partition coefficient (Wildman–Crippen LogP) is 2.91. The number of carbonyl (C=O) groups is 1. The molecule has 1 heterocycles. The molecule has 0 bridgehead atoms. The molecule has 0 saturated heterocycles. The van der Waals surface area contributed by atoms with Crippen molar-refractivity contribution in [3.63, 3.8) is 0 Å². The highest BCUT2D eigenvalue weighted by Crippen LogP contribution is 2.46. The summed E-state index contributed by atoms with van der Waals surface area (Å²) in [5.74, 6) is -0.133. The average molecular weight is 363 g/mol. The van der Waals surface area contributed by atoms with Gasteiger partial charge in [0.25, 0.3) is 0 Å². The smallest absolute Gasteiger partial charge is 0.309 e. The number of nitrogens with zero attached hydrogens (tertiary/aromatic N) is 1. The number of aryl methyl sites for hydroxylation is 1. The van der Waals surface area contributed by atoms with Crippen molar-refractivity contribution in [1.82, 2.24) is 4.31 Å². The maximum absolute atomic E-state index is 13.0. The Hall–Kier alpha value is -1.66. The summed E-state index contributed by atoms with van der Waals surface area (Å²) in [6.07, 6.45) is 4.53. The standard InChI is InChI=1S/C19H25NO4S/c1-3-24-19(21)18-12-17(18)15-6-4-5-11-20(13-15)25(22,23)16-9-7-14(2)8-10-16/h6-10,17-18H,3-5,11-13H2,1-2H3/t17-,18+/m0/s1. The van der Waals surface area contributed by atoms with Crippen LogP contribution in [0.2, 0.25) is 0 Å². The molecule has 1 aromatic carbocycles. The molecular weight excluding hydrogens is 338 g/mol. The van der Waals surface area contributed by atoms with Crippen LogP contribution in [-0.2, 0) is 19.6 Å². The normalized spacial score (nSPS) is 24.3. The third-order valence-electron chi connectivity index (χ3n) is 4.89. The molecule has 0 aromatic heterocycles. The van der Waals surface area contributed by atoms with Gasteiger partial charge in [-0.3, -0.25) is 4.79 Å². The number of hydrogen-bond donors (Lipinski definition) is 0. The molecule has 136 valence electrons. The average Bonchev–Trinajstić information content (AvgIpc) is 3.38. The van der Waals surface area contributed by atoms with Gasteiger partial charge in [-0.05, 0) is 51.2 Å². The minimum absolute atomic E-state index is 0.103. The summed E-state index contributed by atoms with van der Waals surface area (Å²) in [5, 5.41) is 0. The maximum atomic E-state index is 13.0. The second-order valence-electron chi connectivity index (χ2n) is 6.77. The van der Waals surface area contributed by atoms with Gasteiger partial charge in [0.1, 0.15) is 0 Å². The van der Waals surface area contributed by atoms with Crippen molar-refractivity contribution in [2.24, 2.45) is 11.8 Å². The summed E-state index contributed by atoms with van der Waals surface area (Å²) >= 11 is 0. The summed E-state index contributed by atoms with van der Waals surface area (Å²) in [6.45, 7) is 5.00. The molecule has 5 nitrogen and oxygen atoms in total. The number of ether oxygens (including phenoxy) is 1. The number of benzene rings is 1. The summed E-state index contributed by atoms with van der Waals surface area (Å²) < 4.78 is 32.6. The highest BCUT2D eigenvalue weighted by atomic mass is 32.2. The van der Waals surface area contributed by atoms with Crippen molar-refractivity contribution >= 4 is 16.0 Å². The summed E-state index contributed by atoms with van der Waals surface area (Å²) in [5.41, 5.74) is 2.09. The van der Waals surface area contributed by atoms with E-state index in [0.29, 0.717) is 24.6 Å². The van der Waals surface area contributed by atoms with Crippen LogP contribution in [0.25, 0.3) is 0 Å². The third-order valence-corrected chi connectivity index (χ3v) is 6.75. The fourth-order valence-corrected chi connectivity index (χ4v) is 4.82. The minimum atomic E-state index is -3.51. The van der Waals surface area contributed by atoms with E-state index in [2.05, 4.69) is 6.08 Å². The van der Waals surface area contributed by atoms with E-state index >= 15 is 0 Å². The van der Waals surface area contributed by atoms with Crippen molar-refractivity contribution in [2.45, 2.75) is 38.0 Å². The van der Waals surface area contributed by atoms with E-state index in [1.54, 1.807) is 23.4 Å². The van der Waals surface area contributed by atoms with E-state index in [0.717, 1.165) is 30.4 Å². The van der Waals surface area contributed by atoms with Crippen molar-refractivity contribution in [3.8, 4) is 0 Å². The monoisotopic (exact) mass is 363 g/mol. The van der Waals surface area contributed by atoms with Crippen LogP contribution in [0.1, 0.15) is 31.7 Å². The SMILES string of the molecule is CCOC(=O)[C@@H]1C[C@H]1C1=CCCCN(S(=O)(=O)c2ccc(C)cc2)C1. The van der Waals surface area contributed by atoms with Gasteiger partial charge in [0, 0.05) is 13.1 Å². The van der Waals surface area contributed by atoms with Crippen LogP contribution in [0.4, 0.5) is 0 Å². The second-order valence-corrected chi connectivity index (χ2v) is 8.71. The molecule has 0 radical (unpaired) electrons. The molecule has 0 unspecified atom stereocenters. The Labute approximate surface area is 149 Å². The highest BCUT2D eigenvalue weighted by molar-refractivity contribution is 7.89. The fraction of sp³-hybridized carbons (Fsp3) is 0.526. The Kier molecular flexibility index (Phi) is 5.29. The Morgan fingerprint density at radius 3 is 2.68 bits per heavy atom. The first-order valence-corrected chi connectivity index (χ1v) is 10.3. The largest absolute Gasteiger partial charge is 0.466 e. The number of allylic oxidation sites excluding steroid dienone is 1. The Balaban J connectivity index is 1.75. The first-order valence-electron chi connectivity index (χ1n) is 8.86. The maximum Gasteiger partial charge on any atom is 0.309 e. The second kappa shape index (κ2) is 7.30. The summed E-state index contributed by atoms with van der Waals surface area (Å²) in [4.78, 5) is 12.2. The molecule has 3 rings (SSSR count). The van der Waals surface area contributed by atoms with Crippen LogP contribution in [0.5, 0.6) is 0 Å². The Morgan fingerprint density at radius 1 is 1.28 bits per heavy atom.